The first-order chi connectivity index (χ1) is 16.0. The molecule has 2 amide bonds. The first-order valence-electron chi connectivity index (χ1n) is 11.2. The first kappa shape index (κ1) is 23.0. The van der Waals surface area contributed by atoms with Gasteiger partial charge < -0.3 is 25.5 Å². The van der Waals surface area contributed by atoms with Crippen LogP contribution in [-0.2, 0) is 26.0 Å². The van der Waals surface area contributed by atoms with Gasteiger partial charge >= 0.3 is 6.03 Å². The second-order valence-corrected chi connectivity index (χ2v) is 8.59. The Morgan fingerprint density at radius 3 is 1.82 bits per heavy atom. The molecule has 33 heavy (non-hydrogen) atoms. The zero-order valence-electron chi connectivity index (χ0n) is 18.4. The fraction of sp³-hybridized carbons (Fsp3) is 0.296. The predicted octanol–water partition coefficient (Wildman–Crippen LogP) is 2.65. The molecule has 4 rings (SSSR count). The summed E-state index contributed by atoms with van der Waals surface area (Å²) in [5.74, 6) is 0. The summed E-state index contributed by atoms with van der Waals surface area (Å²) in [6, 6.07) is 25.1. The van der Waals surface area contributed by atoms with E-state index in [2.05, 4.69) is 5.32 Å². The second-order valence-electron chi connectivity index (χ2n) is 8.59. The Balaban J connectivity index is 1.63. The molecule has 0 aliphatic carbocycles. The minimum absolute atomic E-state index is 0.0484. The van der Waals surface area contributed by atoms with Crippen molar-refractivity contribution in [2.24, 2.45) is 0 Å². The Morgan fingerprint density at radius 2 is 1.24 bits per heavy atom. The quantitative estimate of drug-likeness (QED) is 0.449. The van der Waals surface area contributed by atoms with E-state index in [0.29, 0.717) is 12.8 Å². The Bertz CT molecular complexity index is 1030. The van der Waals surface area contributed by atoms with Crippen LogP contribution in [0, 0.1) is 0 Å². The number of benzene rings is 3. The van der Waals surface area contributed by atoms with Crippen LogP contribution in [0.1, 0.15) is 22.3 Å². The highest BCUT2D eigenvalue weighted by Crippen LogP contribution is 2.24. The Kier molecular flexibility index (Phi) is 7.40. The molecule has 1 aliphatic rings. The van der Waals surface area contributed by atoms with E-state index in [1.165, 1.54) is 0 Å². The summed E-state index contributed by atoms with van der Waals surface area (Å²) < 4.78 is 0. The van der Waals surface area contributed by atoms with Crippen molar-refractivity contribution in [2.75, 3.05) is 0 Å². The molecule has 1 fully saturated rings. The number of urea groups is 1. The maximum absolute atomic E-state index is 13.4. The van der Waals surface area contributed by atoms with Gasteiger partial charge in [0.1, 0.15) is 12.2 Å². The highest BCUT2D eigenvalue weighted by molar-refractivity contribution is 5.75. The first-order valence-corrected chi connectivity index (χ1v) is 11.2. The molecule has 4 atom stereocenters. The fourth-order valence-corrected chi connectivity index (χ4v) is 4.39. The summed E-state index contributed by atoms with van der Waals surface area (Å²) >= 11 is 0. The summed E-state index contributed by atoms with van der Waals surface area (Å²) in [6.07, 6.45) is -1.42. The van der Waals surface area contributed by atoms with Crippen molar-refractivity contribution in [3.63, 3.8) is 0 Å². The van der Waals surface area contributed by atoms with Crippen LogP contribution in [0.25, 0.3) is 0 Å². The van der Waals surface area contributed by atoms with Gasteiger partial charge in [0.25, 0.3) is 0 Å². The smallest absolute Gasteiger partial charge is 0.318 e. The number of aliphatic hydroxyl groups excluding tert-OH is 3. The van der Waals surface area contributed by atoms with Crippen molar-refractivity contribution in [1.29, 1.82) is 0 Å². The van der Waals surface area contributed by atoms with Gasteiger partial charge in [-0.15, -0.1) is 0 Å². The molecule has 4 N–H and O–H groups in total. The zero-order valence-corrected chi connectivity index (χ0v) is 18.4. The van der Waals surface area contributed by atoms with E-state index in [1.54, 1.807) is 4.90 Å². The fourth-order valence-electron chi connectivity index (χ4n) is 4.39. The zero-order chi connectivity index (χ0) is 23.2. The lowest BCUT2D eigenvalue weighted by Crippen LogP contribution is -2.50. The molecule has 0 bridgehead atoms. The molecule has 6 heteroatoms. The van der Waals surface area contributed by atoms with Gasteiger partial charge in [0.2, 0.25) is 0 Å². The van der Waals surface area contributed by atoms with E-state index in [1.807, 2.05) is 84.9 Å². The SMILES string of the molecule is O=C1N[C@H](Cc2ccccc2)[C@H](O)[C@@H](O)[C@@H](Cc2ccccc2)N1Cc1ccc(CO)cc1. The molecule has 3 aromatic rings. The summed E-state index contributed by atoms with van der Waals surface area (Å²) in [5, 5.41) is 34.6. The van der Waals surface area contributed by atoms with Crippen molar-refractivity contribution in [1.82, 2.24) is 10.2 Å². The van der Waals surface area contributed by atoms with Crippen LogP contribution in [0.3, 0.4) is 0 Å². The third kappa shape index (κ3) is 5.60. The van der Waals surface area contributed by atoms with Gasteiger partial charge in [0.05, 0.1) is 18.7 Å². The number of aliphatic hydroxyl groups is 3. The number of nitrogens with zero attached hydrogens (tertiary/aromatic N) is 1. The van der Waals surface area contributed by atoms with Crippen molar-refractivity contribution in [3.05, 3.63) is 107 Å². The lowest BCUT2D eigenvalue weighted by atomic mass is 9.91. The summed E-state index contributed by atoms with van der Waals surface area (Å²) in [5.41, 5.74) is 3.62. The van der Waals surface area contributed by atoms with Crippen LogP contribution in [0.2, 0.25) is 0 Å². The van der Waals surface area contributed by atoms with Crippen molar-refractivity contribution < 1.29 is 20.1 Å². The molecular formula is C27H30N2O4. The Hall–Kier alpha value is -3.19. The number of hydrogen-bond donors (Lipinski definition) is 4. The van der Waals surface area contributed by atoms with Crippen LogP contribution in [0.15, 0.2) is 84.9 Å². The molecular weight excluding hydrogens is 416 g/mol. The minimum atomic E-state index is -1.13. The lowest BCUT2D eigenvalue weighted by Gasteiger charge is -2.33. The molecule has 1 heterocycles. The third-order valence-electron chi connectivity index (χ3n) is 6.27. The minimum Gasteiger partial charge on any atom is -0.392 e. The standard InChI is InChI=1S/C27H30N2O4/c30-18-22-13-11-21(12-14-22)17-29-24(16-20-9-5-2-6-10-20)26(32)25(31)23(28-27(29)33)15-19-7-3-1-4-8-19/h1-14,23-26,30-32H,15-18H2,(H,28,33)/t23-,24-,25+,26+/m1/s1. The van der Waals surface area contributed by atoms with E-state index < -0.39 is 24.3 Å². The molecule has 6 nitrogen and oxygen atoms in total. The average Bonchev–Trinajstić information content (AvgIpc) is 2.93. The van der Waals surface area contributed by atoms with E-state index in [0.717, 1.165) is 22.3 Å². The van der Waals surface area contributed by atoms with Gasteiger partial charge in [-0.05, 0) is 35.1 Å². The van der Waals surface area contributed by atoms with Gasteiger partial charge in [-0.25, -0.2) is 4.79 Å². The van der Waals surface area contributed by atoms with E-state index >= 15 is 0 Å². The normalized spacial score (nSPS) is 23.1. The number of hydrogen-bond acceptors (Lipinski definition) is 4. The molecule has 0 saturated carbocycles. The van der Waals surface area contributed by atoms with Crippen molar-refractivity contribution in [2.45, 2.75) is 50.3 Å². The number of carbonyl (C=O) groups is 1. The van der Waals surface area contributed by atoms with Crippen LogP contribution < -0.4 is 5.32 Å². The highest BCUT2D eigenvalue weighted by Gasteiger charge is 2.42. The van der Waals surface area contributed by atoms with Crippen LogP contribution >= 0.6 is 0 Å². The predicted molar refractivity (Wildman–Crippen MR) is 126 cm³/mol. The number of carbonyl (C=O) groups excluding carboxylic acids is 1. The van der Waals surface area contributed by atoms with E-state index in [-0.39, 0.29) is 19.2 Å². The number of amides is 2. The van der Waals surface area contributed by atoms with Gasteiger partial charge in [0.15, 0.2) is 0 Å². The summed E-state index contributed by atoms with van der Waals surface area (Å²) in [7, 11) is 0. The average molecular weight is 447 g/mol. The van der Waals surface area contributed by atoms with Crippen LogP contribution in [0.4, 0.5) is 4.79 Å². The van der Waals surface area contributed by atoms with E-state index in [9.17, 15) is 20.1 Å². The second kappa shape index (κ2) is 10.6. The molecule has 0 unspecified atom stereocenters. The van der Waals surface area contributed by atoms with Gasteiger partial charge in [-0.3, -0.25) is 0 Å². The summed E-state index contributed by atoms with van der Waals surface area (Å²) in [6.45, 7) is 0.226. The maximum Gasteiger partial charge on any atom is 0.318 e. The largest absolute Gasteiger partial charge is 0.392 e. The molecule has 0 aromatic heterocycles. The molecule has 0 radical (unpaired) electrons. The van der Waals surface area contributed by atoms with Gasteiger partial charge in [-0.1, -0.05) is 84.9 Å². The van der Waals surface area contributed by atoms with Crippen LogP contribution in [-0.4, -0.2) is 50.5 Å². The molecule has 3 aromatic carbocycles. The molecule has 172 valence electrons. The number of rotatable bonds is 7. The van der Waals surface area contributed by atoms with Crippen molar-refractivity contribution in [3.8, 4) is 0 Å². The third-order valence-corrected chi connectivity index (χ3v) is 6.27. The molecule has 1 aliphatic heterocycles. The van der Waals surface area contributed by atoms with Crippen molar-refractivity contribution >= 4 is 6.03 Å². The summed E-state index contributed by atoms with van der Waals surface area (Å²) in [4.78, 5) is 15.0. The van der Waals surface area contributed by atoms with Gasteiger partial charge in [0, 0.05) is 6.54 Å². The lowest BCUT2D eigenvalue weighted by molar-refractivity contribution is -0.0306. The van der Waals surface area contributed by atoms with Gasteiger partial charge in [-0.2, -0.15) is 0 Å². The maximum atomic E-state index is 13.4. The number of nitrogens with one attached hydrogen (secondary N) is 1. The van der Waals surface area contributed by atoms with E-state index in [4.69, 9.17) is 0 Å². The highest BCUT2D eigenvalue weighted by atomic mass is 16.3. The Morgan fingerprint density at radius 1 is 0.697 bits per heavy atom. The topological polar surface area (TPSA) is 93.0 Å². The Labute approximate surface area is 194 Å². The molecule has 0 spiro atoms. The molecule has 1 saturated heterocycles. The monoisotopic (exact) mass is 446 g/mol. The van der Waals surface area contributed by atoms with Crippen LogP contribution in [0.5, 0.6) is 0 Å².